The number of aromatic nitrogens is 7. The van der Waals surface area contributed by atoms with Gasteiger partial charge in [-0.25, -0.2) is 0 Å². The second kappa shape index (κ2) is 14.4. The first-order valence-corrected chi connectivity index (χ1v) is 23.1. The lowest BCUT2D eigenvalue weighted by atomic mass is 10.1. The molecule has 16 rings (SSSR count). The molecule has 6 aromatic heterocycles. The molecule has 8 heteroatoms. The minimum absolute atomic E-state index is 0.00172. The molecule has 16 aromatic rings. The van der Waals surface area contributed by atoms with E-state index in [1.165, 1.54) is 0 Å². The molecule has 0 aliphatic heterocycles. The van der Waals surface area contributed by atoms with Gasteiger partial charge in [-0.3, -0.25) is 9.13 Å². The highest BCUT2D eigenvalue weighted by molar-refractivity contribution is 6.25. The van der Waals surface area contributed by atoms with Gasteiger partial charge in [-0.1, -0.05) is 151 Å². The quantitative estimate of drug-likeness (QED) is 0.172. The van der Waals surface area contributed by atoms with E-state index in [1.807, 2.05) is 118 Å². The van der Waals surface area contributed by atoms with Gasteiger partial charge < -0.3 is 13.6 Å². The second-order valence-electron chi connectivity index (χ2n) is 17.5. The van der Waals surface area contributed by atoms with Crippen molar-refractivity contribution in [2.45, 2.75) is 0 Å². The molecule has 10 aromatic carbocycles. The molecular weight excluding hydrogens is 871 g/mol. The largest absolute Gasteiger partial charge is 0.456 e. The zero-order valence-electron chi connectivity index (χ0n) is 48.0. The van der Waals surface area contributed by atoms with Gasteiger partial charge in [0.05, 0.1) is 81.5 Å². The molecule has 6 heterocycles. The average Bonchev–Trinajstić information content (AvgIpc) is 2.53. The summed E-state index contributed by atoms with van der Waals surface area (Å²) in [6, 6.07) is 44.3. The Morgan fingerprint density at radius 2 is 0.761 bits per heavy atom. The number of nitrogens with zero attached hydrogens (tertiary/aromatic N) is 7. The van der Waals surface area contributed by atoms with Crippen LogP contribution in [0.5, 0.6) is 0 Å². The predicted molar refractivity (Wildman–Crippen MR) is 290 cm³/mol. The second-order valence-corrected chi connectivity index (χ2v) is 17.5. The third kappa shape index (κ3) is 5.25. The molecule has 0 atom stereocenters. The van der Waals surface area contributed by atoms with Gasteiger partial charge in [-0.2, -0.15) is 15.0 Å². The Labute approximate surface area is 419 Å². The normalized spacial score (nSPS) is 14.4. The fourth-order valence-corrected chi connectivity index (χ4v) is 11.0. The van der Waals surface area contributed by atoms with Crippen molar-refractivity contribution < 1.29 is 19.5 Å². The van der Waals surface area contributed by atoms with Crippen LogP contribution in [0.3, 0.4) is 0 Å². The van der Waals surface area contributed by atoms with Crippen LogP contribution in [0.25, 0.3) is 144 Å². The van der Waals surface area contributed by atoms with Crippen molar-refractivity contribution in [3.8, 4) is 34.7 Å². The van der Waals surface area contributed by atoms with Gasteiger partial charge >= 0.3 is 0 Å². The Hall–Kier alpha value is -9.79. The van der Waals surface area contributed by atoms with Crippen molar-refractivity contribution in [2.24, 2.45) is 0 Å². The zero-order chi connectivity index (χ0) is 55.9. The van der Waals surface area contributed by atoms with Crippen LogP contribution >= 0.6 is 0 Å². The van der Waals surface area contributed by atoms with Crippen LogP contribution < -0.4 is 0 Å². The van der Waals surface area contributed by atoms with Crippen molar-refractivity contribution in [3.63, 3.8) is 0 Å². The third-order valence-electron chi connectivity index (χ3n) is 13.9. The molecule has 0 spiro atoms. The van der Waals surface area contributed by atoms with Crippen LogP contribution in [-0.2, 0) is 0 Å². The van der Waals surface area contributed by atoms with Crippen molar-refractivity contribution in [3.05, 3.63) is 224 Å². The first kappa shape index (κ1) is 29.2. The molecule has 0 saturated carbocycles. The van der Waals surface area contributed by atoms with E-state index in [0.29, 0.717) is 60.4 Å². The summed E-state index contributed by atoms with van der Waals surface area (Å²) in [5.41, 5.74) is 4.61. The van der Waals surface area contributed by atoms with E-state index in [4.69, 9.17) is 24.9 Å². The lowest BCUT2D eigenvalue weighted by Crippen LogP contribution is -2.12. The highest BCUT2D eigenvalue weighted by Crippen LogP contribution is 2.45. The molecule has 0 aliphatic carbocycles. The number of hydrogen-bond donors (Lipinski definition) is 0. The Kier molecular flexibility index (Phi) is 5.90. The highest BCUT2D eigenvalue weighted by Gasteiger charge is 2.28. The van der Waals surface area contributed by atoms with E-state index < -0.39 is 48.3 Å². The molecule has 0 saturated heterocycles. The number of rotatable bonds is 5. The fraction of sp³-hybridized carbons (Fsp3) is 0. The van der Waals surface area contributed by atoms with E-state index in [2.05, 4.69) is 0 Å². The van der Waals surface area contributed by atoms with Crippen molar-refractivity contribution >= 4 is 109 Å². The van der Waals surface area contributed by atoms with E-state index >= 15 is 0 Å². The van der Waals surface area contributed by atoms with Gasteiger partial charge in [0.1, 0.15) is 11.2 Å². The number of benzene rings is 10. The number of furan rings is 1. The van der Waals surface area contributed by atoms with Crippen LogP contribution in [0.4, 0.5) is 0 Å². The smallest absolute Gasteiger partial charge is 0.240 e. The molecule has 0 bridgehead atoms. The first-order valence-electron chi connectivity index (χ1n) is 28.6. The summed E-state index contributed by atoms with van der Waals surface area (Å²) in [5, 5.41) is 6.09. The van der Waals surface area contributed by atoms with Crippen LogP contribution in [0, 0.1) is 0 Å². The molecule has 71 heavy (non-hydrogen) atoms. The maximum absolute atomic E-state index is 10.4. The molecule has 8 nitrogen and oxygen atoms in total. The Balaban J connectivity index is 1.18. The highest BCUT2D eigenvalue weighted by atomic mass is 16.3. The predicted octanol–water partition coefficient (Wildman–Crippen LogP) is 15.8. The molecule has 0 radical (unpaired) electrons. The molecular formula is C63H37N7O. The van der Waals surface area contributed by atoms with Gasteiger partial charge in [0, 0.05) is 48.5 Å². The van der Waals surface area contributed by atoms with E-state index in [0.717, 1.165) is 26.9 Å². The molecule has 0 N–H and O–H groups in total. The van der Waals surface area contributed by atoms with E-state index in [1.54, 1.807) is 57.7 Å². The Morgan fingerprint density at radius 3 is 1.35 bits per heavy atom. The summed E-state index contributed by atoms with van der Waals surface area (Å²) >= 11 is 0. The van der Waals surface area contributed by atoms with Gasteiger partial charge in [0.2, 0.25) is 11.9 Å². The number of fused-ring (bicyclic) bond motifs is 16. The molecule has 330 valence electrons. The topological polar surface area (TPSA) is 71.5 Å². The minimum Gasteiger partial charge on any atom is -0.456 e. The summed E-state index contributed by atoms with van der Waals surface area (Å²) < 4.78 is 118. The van der Waals surface area contributed by atoms with Crippen LogP contribution in [0.2, 0.25) is 0 Å². The van der Waals surface area contributed by atoms with E-state index in [9.17, 15) is 9.60 Å². The Morgan fingerprint density at radius 1 is 0.324 bits per heavy atom. The van der Waals surface area contributed by atoms with Gasteiger partial charge in [-0.15, -0.1) is 0 Å². The van der Waals surface area contributed by atoms with Gasteiger partial charge in [-0.05, 0) is 72.7 Å². The minimum atomic E-state index is -0.526. The molecule has 0 unspecified atom stereocenters. The molecule has 0 aliphatic rings. The maximum Gasteiger partial charge on any atom is 0.240 e. The molecule has 0 fully saturated rings. The fourth-order valence-electron chi connectivity index (χ4n) is 11.0. The summed E-state index contributed by atoms with van der Waals surface area (Å²) in [4.78, 5) is 16.2. The van der Waals surface area contributed by atoms with Crippen molar-refractivity contribution in [1.82, 2.24) is 33.2 Å². The SMILES string of the molecule is [2H]c1c([2H])c(-n2c3ccccc3c3c([2H])c([2H])c([2H])c([2H])c32)c(-c2nc(-n3c4ccccc4c4ccccc43)nc(-n3c4ccccc4c4c([2H])c([2H])c([2H])c([2H])c43)n2)c(-n2c3ccccc3c3ccc4oc5ccccc5c4c32)c1[2H]. The van der Waals surface area contributed by atoms with Crippen LogP contribution in [-0.4, -0.2) is 33.2 Å². The summed E-state index contributed by atoms with van der Waals surface area (Å²) in [6.07, 6.45) is 0. The summed E-state index contributed by atoms with van der Waals surface area (Å²) in [6.45, 7) is 0. The molecule has 0 amide bonds. The van der Waals surface area contributed by atoms with E-state index in [-0.39, 0.29) is 74.6 Å². The number of para-hydroxylation sites is 8. The lowest BCUT2D eigenvalue weighted by molar-refractivity contribution is 0.669. The monoisotopic (exact) mass is 918 g/mol. The van der Waals surface area contributed by atoms with Gasteiger partial charge in [0.25, 0.3) is 0 Å². The first-order chi connectivity index (χ1) is 39.8. The van der Waals surface area contributed by atoms with Crippen molar-refractivity contribution in [1.29, 1.82) is 0 Å². The van der Waals surface area contributed by atoms with Crippen molar-refractivity contribution in [2.75, 3.05) is 0 Å². The number of hydrogen-bond acceptors (Lipinski definition) is 4. The average molecular weight is 919 g/mol. The summed E-state index contributed by atoms with van der Waals surface area (Å²) in [5.74, 6) is -0.205. The third-order valence-corrected chi connectivity index (χ3v) is 13.9. The van der Waals surface area contributed by atoms with Crippen LogP contribution in [0.15, 0.2) is 229 Å². The Bertz CT molecular complexity index is 5530. The van der Waals surface area contributed by atoms with Gasteiger partial charge in [0.15, 0.2) is 5.82 Å². The van der Waals surface area contributed by atoms with Crippen LogP contribution in [0.1, 0.15) is 15.1 Å². The lowest BCUT2D eigenvalue weighted by Gasteiger charge is -2.20. The summed E-state index contributed by atoms with van der Waals surface area (Å²) in [7, 11) is 0. The maximum atomic E-state index is 10.4. The standard InChI is InChI=1S/C63H37N7O/c1-9-26-47-38(18-1)39-19-2-10-27-48(39)67(47)54-33-17-34-55(68-49-28-11-7-24-44(49)45-36-37-57-58(60(45)68)46-25-8-16-35-56(46)71-57)59(54)61-64-62(69-50-29-12-3-20-40(50)41-21-4-13-30-51(41)69)66-63(65-61)70-52-31-14-5-22-42(52)43-23-6-15-32-53(43)70/h1-37H/i1D,3D,9D,12D,17D,18D,20D,26D,29D,33D,34D. The zero-order valence-corrected chi connectivity index (χ0v) is 37.0.